The van der Waals surface area contributed by atoms with Gasteiger partial charge in [0.15, 0.2) is 0 Å². The van der Waals surface area contributed by atoms with E-state index in [9.17, 15) is 23.1 Å². The molecule has 0 aliphatic heterocycles. The van der Waals surface area contributed by atoms with Crippen LogP contribution in [0.2, 0.25) is 5.02 Å². The van der Waals surface area contributed by atoms with E-state index in [1.807, 2.05) is 6.92 Å². The van der Waals surface area contributed by atoms with Crippen molar-refractivity contribution in [3.05, 3.63) is 70.1 Å². The minimum Gasteiger partial charge on any atom is -0.387 e. The molecule has 0 saturated carbocycles. The van der Waals surface area contributed by atoms with Crippen molar-refractivity contribution >= 4 is 23.2 Å². The topological polar surface area (TPSA) is 66.6 Å². The average Bonchev–Trinajstić information content (AvgIpc) is 3.03. The van der Waals surface area contributed by atoms with Gasteiger partial charge in [0.25, 0.3) is 5.91 Å². The van der Waals surface area contributed by atoms with Gasteiger partial charge < -0.3 is 10.4 Å². The summed E-state index contributed by atoms with van der Waals surface area (Å²) in [5.41, 5.74) is 0.571. The number of carbonyl (C=O) groups is 1. The number of carbonyl (C=O) groups excluding carboxylic acids is 1. The van der Waals surface area contributed by atoms with Crippen molar-refractivity contribution in [3.63, 3.8) is 0 Å². The number of nitrogens with one attached hydrogen (secondary N) is 1. The van der Waals surface area contributed by atoms with Crippen LogP contribution in [-0.2, 0) is 12.6 Å². The first-order valence-corrected chi connectivity index (χ1v) is 8.88. The maximum absolute atomic E-state index is 12.8. The Hall–Kier alpha value is -2.58. The number of rotatable bonds is 5. The second kappa shape index (κ2) is 7.81. The van der Waals surface area contributed by atoms with E-state index in [2.05, 4.69) is 10.3 Å². The fourth-order valence-corrected chi connectivity index (χ4v) is 3.03. The third-order valence-electron chi connectivity index (χ3n) is 4.26. The largest absolute Gasteiger partial charge is 0.416 e. The maximum atomic E-state index is 12.8. The number of amides is 1. The Balaban J connectivity index is 1.79. The van der Waals surface area contributed by atoms with E-state index in [0.717, 1.165) is 12.1 Å². The predicted octanol–water partition coefficient (Wildman–Crippen LogP) is 4.03. The molecule has 5 nitrogen and oxygen atoms in total. The molecule has 1 amide bonds. The summed E-state index contributed by atoms with van der Waals surface area (Å²) in [7, 11) is 0. The van der Waals surface area contributed by atoms with Crippen LogP contribution in [0, 0.1) is 0 Å². The summed E-state index contributed by atoms with van der Waals surface area (Å²) in [5.74, 6) is -0.502. The molecule has 0 aliphatic carbocycles. The lowest BCUT2D eigenvalue weighted by Gasteiger charge is -2.15. The minimum absolute atomic E-state index is 0.0621. The molecule has 0 unspecified atom stereocenters. The fraction of sp³-hybridized carbons (Fsp3) is 0.263. The first kappa shape index (κ1) is 20.2. The van der Waals surface area contributed by atoms with Gasteiger partial charge in [0.2, 0.25) is 0 Å². The number of benzene rings is 1. The summed E-state index contributed by atoms with van der Waals surface area (Å²) in [6.07, 6.45) is -3.75. The number of aliphatic hydroxyl groups excluding tert-OH is 1. The summed E-state index contributed by atoms with van der Waals surface area (Å²) in [5, 5.41) is 13.2. The Labute approximate surface area is 163 Å². The minimum atomic E-state index is -4.51. The zero-order valence-electron chi connectivity index (χ0n) is 14.8. The van der Waals surface area contributed by atoms with Gasteiger partial charge in [-0.3, -0.25) is 9.20 Å². The molecule has 2 aromatic heterocycles. The highest BCUT2D eigenvalue weighted by Gasteiger charge is 2.31. The van der Waals surface area contributed by atoms with Gasteiger partial charge in [-0.05, 0) is 36.2 Å². The third kappa shape index (κ3) is 4.13. The maximum Gasteiger partial charge on any atom is 0.416 e. The lowest BCUT2D eigenvalue weighted by atomic mass is 10.1. The third-order valence-corrected chi connectivity index (χ3v) is 4.48. The molecule has 0 radical (unpaired) electrons. The van der Waals surface area contributed by atoms with Gasteiger partial charge in [0.05, 0.1) is 22.4 Å². The van der Waals surface area contributed by atoms with Crippen molar-refractivity contribution in [1.29, 1.82) is 0 Å². The van der Waals surface area contributed by atoms with E-state index in [1.54, 1.807) is 22.7 Å². The van der Waals surface area contributed by atoms with Crippen LogP contribution in [0.1, 0.15) is 40.3 Å². The standard InChI is InChI=1S/C19H17ClF3N3O2/c1-2-14-17(26-10-13(20)6-7-16(26)25-14)18(28)24-9-15(27)11-4-3-5-12(8-11)19(21,22)23/h3-8,10,15,27H,2,9H2,1H3,(H,24,28)/t15-/m1/s1. The normalized spacial score (nSPS) is 12.9. The summed E-state index contributed by atoms with van der Waals surface area (Å²) in [4.78, 5) is 17.0. The number of imidazole rings is 1. The van der Waals surface area contributed by atoms with Crippen LogP contribution in [0.15, 0.2) is 42.6 Å². The smallest absolute Gasteiger partial charge is 0.387 e. The first-order valence-electron chi connectivity index (χ1n) is 8.50. The van der Waals surface area contributed by atoms with Crippen molar-refractivity contribution in [1.82, 2.24) is 14.7 Å². The second-order valence-corrected chi connectivity index (χ2v) is 6.62. The number of alkyl halides is 3. The molecule has 28 heavy (non-hydrogen) atoms. The molecule has 3 rings (SSSR count). The number of aromatic nitrogens is 2. The summed E-state index contributed by atoms with van der Waals surface area (Å²) in [6.45, 7) is 1.59. The van der Waals surface area contributed by atoms with Crippen LogP contribution < -0.4 is 5.32 Å². The van der Waals surface area contributed by atoms with E-state index < -0.39 is 23.8 Å². The second-order valence-electron chi connectivity index (χ2n) is 6.19. The molecule has 0 bridgehead atoms. The fourth-order valence-electron chi connectivity index (χ4n) is 2.87. The molecule has 9 heteroatoms. The molecule has 2 heterocycles. The zero-order valence-corrected chi connectivity index (χ0v) is 15.6. The SMILES string of the molecule is CCc1nc2ccc(Cl)cn2c1C(=O)NC[C@@H](O)c1cccc(C(F)(F)F)c1. The van der Waals surface area contributed by atoms with Gasteiger partial charge in [-0.25, -0.2) is 4.98 Å². The van der Waals surface area contributed by atoms with Crippen LogP contribution in [0.3, 0.4) is 0 Å². The number of nitrogens with zero attached hydrogens (tertiary/aromatic N) is 2. The van der Waals surface area contributed by atoms with Crippen LogP contribution in [0.5, 0.6) is 0 Å². The Bertz CT molecular complexity index is 1020. The van der Waals surface area contributed by atoms with Crippen molar-refractivity contribution in [2.24, 2.45) is 0 Å². The van der Waals surface area contributed by atoms with E-state index in [1.165, 1.54) is 12.1 Å². The van der Waals surface area contributed by atoms with E-state index >= 15 is 0 Å². The van der Waals surface area contributed by atoms with Crippen molar-refractivity contribution < 1.29 is 23.1 Å². The molecule has 3 aromatic rings. The number of aliphatic hydroxyl groups is 1. The van der Waals surface area contributed by atoms with E-state index in [0.29, 0.717) is 22.8 Å². The van der Waals surface area contributed by atoms with Gasteiger partial charge >= 0.3 is 6.18 Å². The number of fused-ring (bicyclic) bond motifs is 1. The number of hydrogen-bond acceptors (Lipinski definition) is 3. The van der Waals surface area contributed by atoms with Crippen molar-refractivity contribution in [3.8, 4) is 0 Å². The summed E-state index contributed by atoms with van der Waals surface area (Å²) >= 11 is 5.99. The van der Waals surface area contributed by atoms with Gasteiger partial charge in [-0.15, -0.1) is 0 Å². The Morgan fingerprint density at radius 2 is 2.07 bits per heavy atom. The Kier molecular flexibility index (Phi) is 5.62. The number of pyridine rings is 1. The number of hydrogen-bond donors (Lipinski definition) is 2. The molecule has 0 spiro atoms. The molecular weight excluding hydrogens is 395 g/mol. The monoisotopic (exact) mass is 411 g/mol. The molecule has 0 fully saturated rings. The summed E-state index contributed by atoms with van der Waals surface area (Å²) < 4.78 is 40.0. The van der Waals surface area contributed by atoms with E-state index in [4.69, 9.17) is 11.6 Å². The Morgan fingerprint density at radius 1 is 1.32 bits per heavy atom. The highest BCUT2D eigenvalue weighted by Crippen LogP contribution is 2.30. The van der Waals surface area contributed by atoms with Crippen LogP contribution in [0.4, 0.5) is 13.2 Å². The molecule has 0 aliphatic rings. The zero-order chi connectivity index (χ0) is 20.5. The van der Waals surface area contributed by atoms with Gasteiger partial charge in [0, 0.05) is 12.7 Å². The van der Waals surface area contributed by atoms with Gasteiger partial charge in [-0.1, -0.05) is 30.7 Å². The molecule has 1 aromatic carbocycles. The highest BCUT2D eigenvalue weighted by atomic mass is 35.5. The lowest BCUT2D eigenvalue weighted by molar-refractivity contribution is -0.137. The molecule has 0 saturated heterocycles. The van der Waals surface area contributed by atoms with Gasteiger partial charge in [-0.2, -0.15) is 13.2 Å². The molecule has 148 valence electrons. The lowest BCUT2D eigenvalue weighted by Crippen LogP contribution is -2.30. The number of aryl methyl sites for hydroxylation is 1. The van der Waals surface area contributed by atoms with Crippen LogP contribution in [0.25, 0.3) is 5.65 Å². The Morgan fingerprint density at radius 3 is 2.75 bits per heavy atom. The first-order chi connectivity index (χ1) is 13.2. The molecule has 2 N–H and O–H groups in total. The summed E-state index contributed by atoms with van der Waals surface area (Å²) in [6, 6.07) is 7.70. The quantitative estimate of drug-likeness (QED) is 0.666. The number of halogens is 4. The van der Waals surface area contributed by atoms with Crippen LogP contribution in [-0.4, -0.2) is 26.9 Å². The van der Waals surface area contributed by atoms with Crippen molar-refractivity contribution in [2.45, 2.75) is 25.6 Å². The van der Waals surface area contributed by atoms with Crippen LogP contribution >= 0.6 is 11.6 Å². The molecule has 1 atom stereocenters. The molecular formula is C19H17ClF3N3O2. The predicted molar refractivity (Wildman–Crippen MR) is 98.3 cm³/mol. The van der Waals surface area contributed by atoms with E-state index in [-0.39, 0.29) is 17.8 Å². The van der Waals surface area contributed by atoms with Gasteiger partial charge in [0.1, 0.15) is 11.3 Å². The van der Waals surface area contributed by atoms with Crippen molar-refractivity contribution in [2.75, 3.05) is 6.54 Å². The highest BCUT2D eigenvalue weighted by molar-refractivity contribution is 6.30. The average molecular weight is 412 g/mol.